The first-order chi connectivity index (χ1) is 5.16. The second kappa shape index (κ2) is 6.31. The van der Waals surface area contributed by atoms with Gasteiger partial charge < -0.3 is 10.5 Å². The van der Waals surface area contributed by atoms with Crippen LogP contribution in [0.4, 0.5) is 0 Å². The fourth-order valence-corrected chi connectivity index (χ4v) is 0.784. The molecule has 0 radical (unpaired) electrons. The van der Waals surface area contributed by atoms with Crippen molar-refractivity contribution in [2.24, 2.45) is 11.7 Å². The van der Waals surface area contributed by atoms with E-state index in [0.29, 0.717) is 25.5 Å². The van der Waals surface area contributed by atoms with Gasteiger partial charge >= 0.3 is 0 Å². The van der Waals surface area contributed by atoms with E-state index in [0.717, 1.165) is 0 Å². The molecule has 0 unspecified atom stereocenters. The first-order valence-electron chi connectivity index (χ1n) is 3.96. The molecule has 0 aromatic heterocycles. The maximum Gasteiger partial charge on any atom is 0.158 e. The SMILES string of the molecule is CC(C)CC(=O)COCCN. The van der Waals surface area contributed by atoms with Gasteiger partial charge in [-0.2, -0.15) is 0 Å². The van der Waals surface area contributed by atoms with E-state index in [-0.39, 0.29) is 12.4 Å². The molecular formula is C8H17NO2. The molecule has 0 rings (SSSR count). The lowest BCUT2D eigenvalue weighted by Gasteiger charge is -2.03. The number of carbonyl (C=O) groups excluding carboxylic acids is 1. The topological polar surface area (TPSA) is 52.3 Å². The molecule has 0 bridgehead atoms. The van der Waals surface area contributed by atoms with Crippen LogP contribution in [0.15, 0.2) is 0 Å². The minimum atomic E-state index is 0.161. The summed E-state index contributed by atoms with van der Waals surface area (Å²) in [6, 6.07) is 0. The fraction of sp³-hybridized carbons (Fsp3) is 0.875. The monoisotopic (exact) mass is 159 g/mol. The molecule has 0 aromatic carbocycles. The molecule has 0 heterocycles. The van der Waals surface area contributed by atoms with E-state index in [2.05, 4.69) is 0 Å². The van der Waals surface area contributed by atoms with Crippen LogP contribution in [0.5, 0.6) is 0 Å². The van der Waals surface area contributed by atoms with E-state index >= 15 is 0 Å². The summed E-state index contributed by atoms with van der Waals surface area (Å²) in [6.45, 7) is 5.20. The Kier molecular flexibility index (Phi) is 6.07. The van der Waals surface area contributed by atoms with Gasteiger partial charge in [-0.25, -0.2) is 0 Å². The molecule has 66 valence electrons. The summed E-state index contributed by atoms with van der Waals surface area (Å²) in [7, 11) is 0. The quantitative estimate of drug-likeness (QED) is 0.577. The third kappa shape index (κ3) is 7.49. The Balaban J connectivity index is 3.23. The molecule has 0 aliphatic rings. The fourth-order valence-electron chi connectivity index (χ4n) is 0.784. The molecule has 0 aromatic rings. The van der Waals surface area contributed by atoms with Crippen LogP contribution in [0.1, 0.15) is 20.3 Å². The molecule has 0 fully saturated rings. The molecule has 0 saturated heterocycles. The van der Waals surface area contributed by atoms with Gasteiger partial charge in [0.1, 0.15) is 6.61 Å². The lowest BCUT2D eigenvalue weighted by atomic mass is 10.1. The summed E-state index contributed by atoms with van der Waals surface area (Å²) in [5.41, 5.74) is 5.18. The number of hydrogen-bond acceptors (Lipinski definition) is 3. The van der Waals surface area contributed by atoms with Crippen molar-refractivity contribution in [2.75, 3.05) is 19.8 Å². The molecule has 0 aliphatic carbocycles. The van der Waals surface area contributed by atoms with E-state index in [1.54, 1.807) is 0 Å². The van der Waals surface area contributed by atoms with Crippen LogP contribution in [0.2, 0.25) is 0 Å². The van der Waals surface area contributed by atoms with Gasteiger partial charge in [0, 0.05) is 13.0 Å². The van der Waals surface area contributed by atoms with Crippen molar-refractivity contribution in [3.8, 4) is 0 Å². The lowest BCUT2D eigenvalue weighted by molar-refractivity contribution is -0.124. The summed E-state index contributed by atoms with van der Waals surface area (Å²) >= 11 is 0. The van der Waals surface area contributed by atoms with E-state index in [1.165, 1.54) is 0 Å². The molecule has 0 saturated carbocycles. The zero-order valence-corrected chi connectivity index (χ0v) is 7.30. The zero-order chi connectivity index (χ0) is 8.69. The van der Waals surface area contributed by atoms with Gasteiger partial charge in [-0.1, -0.05) is 13.8 Å². The number of ether oxygens (including phenoxy) is 1. The van der Waals surface area contributed by atoms with Crippen LogP contribution in [0, 0.1) is 5.92 Å². The highest BCUT2D eigenvalue weighted by Crippen LogP contribution is 1.99. The molecule has 0 atom stereocenters. The third-order valence-electron chi connectivity index (χ3n) is 1.16. The van der Waals surface area contributed by atoms with E-state index in [1.807, 2.05) is 13.8 Å². The molecule has 3 heteroatoms. The van der Waals surface area contributed by atoms with Gasteiger partial charge in [-0.15, -0.1) is 0 Å². The summed E-state index contributed by atoms with van der Waals surface area (Å²) in [6.07, 6.45) is 0.602. The second-order valence-corrected chi connectivity index (χ2v) is 2.98. The summed E-state index contributed by atoms with van der Waals surface area (Å²) in [4.78, 5) is 11.0. The Bertz CT molecular complexity index is 113. The molecule has 0 spiro atoms. The minimum absolute atomic E-state index is 0.161. The number of ketones is 1. The van der Waals surface area contributed by atoms with E-state index in [9.17, 15) is 4.79 Å². The van der Waals surface area contributed by atoms with Crippen molar-refractivity contribution in [3.05, 3.63) is 0 Å². The maximum atomic E-state index is 11.0. The second-order valence-electron chi connectivity index (χ2n) is 2.98. The van der Waals surface area contributed by atoms with E-state index in [4.69, 9.17) is 10.5 Å². The molecule has 2 N–H and O–H groups in total. The Labute approximate surface area is 67.9 Å². The Morgan fingerprint density at radius 3 is 2.64 bits per heavy atom. The first kappa shape index (κ1) is 10.6. The maximum absolute atomic E-state index is 11.0. The van der Waals surface area contributed by atoms with Crippen molar-refractivity contribution < 1.29 is 9.53 Å². The number of hydrogen-bond donors (Lipinski definition) is 1. The number of carbonyl (C=O) groups is 1. The highest BCUT2D eigenvalue weighted by atomic mass is 16.5. The average molecular weight is 159 g/mol. The van der Waals surface area contributed by atoms with Gasteiger partial charge in [-0.3, -0.25) is 4.79 Å². The van der Waals surface area contributed by atoms with Crippen LogP contribution in [0.25, 0.3) is 0 Å². The zero-order valence-electron chi connectivity index (χ0n) is 7.30. The minimum Gasteiger partial charge on any atom is -0.372 e. The smallest absolute Gasteiger partial charge is 0.158 e. The Morgan fingerprint density at radius 2 is 2.18 bits per heavy atom. The summed E-state index contributed by atoms with van der Waals surface area (Å²) in [5.74, 6) is 0.581. The highest BCUT2D eigenvalue weighted by molar-refractivity contribution is 5.79. The van der Waals surface area contributed by atoms with Gasteiger partial charge in [0.15, 0.2) is 5.78 Å². The molecule has 0 aliphatic heterocycles. The Hall–Kier alpha value is -0.410. The Morgan fingerprint density at radius 1 is 1.55 bits per heavy atom. The molecular weight excluding hydrogens is 142 g/mol. The largest absolute Gasteiger partial charge is 0.372 e. The van der Waals surface area contributed by atoms with Gasteiger partial charge in [0.25, 0.3) is 0 Å². The number of rotatable bonds is 6. The predicted molar refractivity (Wildman–Crippen MR) is 44.3 cm³/mol. The van der Waals surface area contributed by atoms with Crippen molar-refractivity contribution in [1.29, 1.82) is 0 Å². The lowest BCUT2D eigenvalue weighted by Crippen LogP contribution is -2.15. The summed E-state index contributed by atoms with van der Waals surface area (Å²) in [5, 5.41) is 0. The van der Waals surface area contributed by atoms with Crippen LogP contribution < -0.4 is 5.73 Å². The normalized spacial score (nSPS) is 10.5. The van der Waals surface area contributed by atoms with Crippen LogP contribution in [-0.4, -0.2) is 25.5 Å². The van der Waals surface area contributed by atoms with Crippen molar-refractivity contribution in [1.82, 2.24) is 0 Å². The molecule has 11 heavy (non-hydrogen) atoms. The van der Waals surface area contributed by atoms with Gasteiger partial charge in [0.05, 0.1) is 6.61 Å². The van der Waals surface area contributed by atoms with Gasteiger partial charge in [-0.05, 0) is 5.92 Å². The standard InChI is InChI=1S/C8H17NO2/c1-7(2)5-8(10)6-11-4-3-9/h7H,3-6,9H2,1-2H3. The van der Waals surface area contributed by atoms with Crippen molar-refractivity contribution in [2.45, 2.75) is 20.3 Å². The first-order valence-corrected chi connectivity index (χ1v) is 3.96. The molecule has 0 amide bonds. The number of nitrogens with two attached hydrogens (primary N) is 1. The van der Waals surface area contributed by atoms with Crippen molar-refractivity contribution >= 4 is 5.78 Å². The van der Waals surface area contributed by atoms with Crippen LogP contribution in [-0.2, 0) is 9.53 Å². The van der Waals surface area contributed by atoms with E-state index < -0.39 is 0 Å². The third-order valence-corrected chi connectivity index (χ3v) is 1.16. The average Bonchev–Trinajstić information content (AvgIpc) is 1.86. The van der Waals surface area contributed by atoms with Crippen molar-refractivity contribution in [3.63, 3.8) is 0 Å². The van der Waals surface area contributed by atoms with Crippen LogP contribution in [0.3, 0.4) is 0 Å². The highest BCUT2D eigenvalue weighted by Gasteiger charge is 2.03. The summed E-state index contributed by atoms with van der Waals surface area (Å²) < 4.78 is 4.97. The number of Topliss-reactive ketones (excluding diaryl/α,β-unsaturated/α-hetero) is 1. The van der Waals surface area contributed by atoms with Gasteiger partial charge in [0.2, 0.25) is 0 Å². The molecule has 3 nitrogen and oxygen atoms in total. The predicted octanol–water partition coefficient (Wildman–Crippen LogP) is 0.577. The van der Waals surface area contributed by atoms with Crippen LogP contribution >= 0.6 is 0 Å².